The number of sulfone groups is 1. The molecule has 2 aromatic rings. The van der Waals surface area contributed by atoms with Gasteiger partial charge in [0.25, 0.3) is 5.91 Å². The lowest BCUT2D eigenvalue weighted by molar-refractivity contribution is 0.0952. The predicted molar refractivity (Wildman–Crippen MR) is 95.6 cm³/mol. The summed E-state index contributed by atoms with van der Waals surface area (Å²) in [6.07, 6.45) is 1.42. The van der Waals surface area contributed by atoms with Gasteiger partial charge in [0, 0.05) is 12.1 Å². The standard InChI is InChI=1S/C19H21NO3S/c21-19(20-11-9-15-10-12-24(22,23)14-15)18-8-4-7-17(13-18)16-5-2-1-3-6-16/h1-8,13,15H,9-12,14H2,(H,20,21). The quantitative estimate of drug-likeness (QED) is 0.908. The summed E-state index contributed by atoms with van der Waals surface area (Å²) in [5.74, 6) is 0.594. The van der Waals surface area contributed by atoms with Gasteiger partial charge in [0.05, 0.1) is 11.5 Å². The number of amides is 1. The van der Waals surface area contributed by atoms with Crippen LogP contribution in [0.15, 0.2) is 54.6 Å². The average molecular weight is 343 g/mol. The minimum atomic E-state index is -2.85. The van der Waals surface area contributed by atoms with Gasteiger partial charge >= 0.3 is 0 Å². The molecule has 0 saturated carbocycles. The molecule has 0 bridgehead atoms. The highest BCUT2D eigenvalue weighted by atomic mass is 32.2. The molecule has 3 rings (SSSR count). The molecule has 1 amide bonds. The zero-order valence-electron chi connectivity index (χ0n) is 13.4. The van der Waals surface area contributed by atoms with Crippen LogP contribution in [-0.2, 0) is 9.84 Å². The second-order valence-corrected chi connectivity index (χ2v) is 8.49. The van der Waals surface area contributed by atoms with E-state index in [4.69, 9.17) is 0 Å². The smallest absolute Gasteiger partial charge is 0.251 e. The molecule has 1 atom stereocenters. The van der Waals surface area contributed by atoms with E-state index < -0.39 is 9.84 Å². The van der Waals surface area contributed by atoms with E-state index in [0.29, 0.717) is 24.9 Å². The molecule has 0 spiro atoms. The maximum absolute atomic E-state index is 12.3. The Morgan fingerprint density at radius 2 is 1.79 bits per heavy atom. The van der Waals surface area contributed by atoms with Crippen molar-refractivity contribution in [3.05, 3.63) is 60.2 Å². The Balaban J connectivity index is 1.58. The fourth-order valence-electron chi connectivity index (χ4n) is 3.06. The molecule has 0 aromatic heterocycles. The van der Waals surface area contributed by atoms with E-state index in [1.54, 1.807) is 6.07 Å². The third-order valence-corrected chi connectivity index (χ3v) is 6.23. The Morgan fingerprint density at radius 1 is 1.04 bits per heavy atom. The van der Waals surface area contributed by atoms with Crippen molar-refractivity contribution in [1.29, 1.82) is 0 Å². The van der Waals surface area contributed by atoms with Crippen molar-refractivity contribution in [3.63, 3.8) is 0 Å². The Hall–Kier alpha value is -2.14. The molecular weight excluding hydrogens is 322 g/mol. The molecule has 2 aromatic carbocycles. The fourth-order valence-corrected chi connectivity index (χ4v) is 4.97. The predicted octanol–water partition coefficient (Wildman–Crippen LogP) is 2.91. The summed E-state index contributed by atoms with van der Waals surface area (Å²) < 4.78 is 22.9. The summed E-state index contributed by atoms with van der Waals surface area (Å²) in [4.78, 5) is 12.3. The van der Waals surface area contributed by atoms with Crippen LogP contribution in [0.2, 0.25) is 0 Å². The van der Waals surface area contributed by atoms with E-state index in [2.05, 4.69) is 5.32 Å². The highest BCUT2D eigenvalue weighted by molar-refractivity contribution is 7.91. The summed E-state index contributed by atoms with van der Waals surface area (Å²) in [5.41, 5.74) is 2.70. The van der Waals surface area contributed by atoms with Gasteiger partial charge in [-0.15, -0.1) is 0 Å². The minimum Gasteiger partial charge on any atom is -0.352 e. The van der Waals surface area contributed by atoms with Crippen molar-refractivity contribution in [1.82, 2.24) is 5.32 Å². The van der Waals surface area contributed by atoms with Crippen molar-refractivity contribution >= 4 is 15.7 Å². The van der Waals surface area contributed by atoms with Crippen molar-refractivity contribution in [2.24, 2.45) is 5.92 Å². The second kappa shape index (κ2) is 7.18. The maximum atomic E-state index is 12.3. The molecule has 1 saturated heterocycles. The summed E-state index contributed by atoms with van der Waals surface area (Å²) >= 11 is 0. The zero-order valence-corrected chi connectivity index (χ0v) is 14.3. The van der Waals surface area contributed by atoms with Crippen LogP contribution in [0.5, 0.6) is 0 Å². The molecule has 0 radical (unpaired) electrons. The van der Waals surface area contributed by atoms with Gasteiger partial charge in [-0.3, -0.25) is 4.79 Å². The van der Waals surface area contributed by atoms with Gasteiger partial charge in [-0.1, -0.05) is 42.5 Å². The monoisotopic (exact) mass is 343 g/mol. The van der Waals surface area contributed by atoms with E-state index in [9.17, 15) is 13.2 Å². The lowest BCUT2D eigenvalue weighted by Gasteiger charge is -2.10. The Labute approximate surface area is 142 Å². The van der Waals surface area contributed by atoms with Crippen LogP contribution in [0.3, 0.4) is 0 Å². The molecule has 1 fully saturated rings. The number of benzene rings is 2. The topological polar surface area (TPSA) is 63.2 Å². The van der Waals surface area contributed by atoms with Gasteiger partial charge in [-0.2, -0.15) is 0 Å². The average Bonchev–Trinajstić information content (AvgIpc) is 2.94. The lowest BCUT2D eigenvalue weighted by atomic mass is 10.0. The van der Waals surface area contributed by atoms with E-state index in [0.717, 1.165) is 11.1 Å². The number of carbonyl (C=O) groups excluding carboxylic acids is 1. The molecule has 0 aliphatic carbocycles. The Morgan fingerprint density at radius 3 is 2.50 bits per heavy atom. The van der Waals surface area contributed by atoms with Crippen LogP contribution in [0.25, 0.3) is 11.1 Å². The number of hydrogen-bond acceptors (Lipinski definition) is 3. The zero-order chi connectivity index (χ0) is 17.0. The number of carbonyl (C=O) groups is 1. The van der Waals surface area contributed by atoms with Gasteiger partial charge in [-0.05, 0) is 42.0 Å². The van der Waals surface area contributed by atoms with Gasteiger partial charge in [0.2, 0.25) is 0 Å². The molecule has 126 valence electrons. The van der Waals surface area contributed by atoms with E-state index >= 15 is 0 Å². The third kappa shape index (κ3) is 4.23. The van der Waals surface area contributed by atoms with E-state index in [1.165, 1.54) is 0 Å². The molecule has 1 unspecified atom stereocenters. The maximum Gasteiger partial charge on any atom is 0.251 e. The molecule has 1 heterocycles. The first-order valence-corrected chi connectivity index (χ1v) is 10.00. The summed E-state index contributed by atoms with van der Waals surface area (Å²) in [6, 6.07) is 17.5. The molecule has 4 nitrogen and oxygen atoms in total. The van der Waals surface area contributed by atoms with E-state index in [1.807, 2.05) is 48.5 Å². The van der Waals surface area contributed by atoms with Gasteiger partial charge in [-0.25, -0.2) is 8.42 Å². The van der Waals surface area contributed by atoms with Crippen LogP contribution in [0, 0.1) is 5.92 Å². The van der Waals surface area contributed by atoms with E-state index in [-0.39, 0.29) is 23.3 Å². The lowest BCUT2D eigenvalue weighted by Crippen LogP contribution is -2.26. The number of nitrogens with one attached hydrogen (secondary N) is 1. The second-order valence-electron chi connectivity index (χ2n) is 6.26. The van der Waals surface area contributed by atoms with Crippen molar-refractivity contribution in [2.45, 2.75) is 12.8 Å². The summed E-state index contributed by atoms with van der Waals surface area (Å²) in [6.45, 7) is 0.509. The minimum absolute atomic E-state index is 0.117. The normalized spacial score (nSPS) is 19.1. The van der Waals surface area contributed by atoms with Crippen LogP contribution >= 0.6 is 0 Å². The molecule has 1 aliphatic rings. The number of hydrogen-bond donors (Lipinski definition) is 1. The van der Waals surface area contributed by atoms with Crippen LogP contribution < -0.4 is 5.32 Å². The highest BCUT2D eigenvalue weighted by Crippen LogP contribution is 2.22. The Kier molecular flexibility index (Phi) is 5.00. The Bertz CT molecular complexity index is 816. The van der Waals surface area contributed by atoms with Crippen molar-refractivity contribution < 1.29 is 13.2 Å². The highest BCUT2D eigenvalue weighted by Gasteiger charge is 2.27. The molecule has 1 N–H and O–H groups in total. The van der Waals surface area contributed by atoms with Crippen molar-refractivity contribution in [3.8, 4) is 11.1 Å². The first kappa shape index (κ1) is 16.7. The van der Waals surface area contributed by atoms with Gasteiger partial charge < -0.3 is 5.32 Å². The fraction of sp³-hybridized carbons (Fsp3) is 0.316. The SMILES string of the molecule is O=C(NCCC1CCS(=O)(=O)C1)c1cccc(-c2ccccc2)c1. The van der Waals surface area contributed by atoms with Crippen LogP contribution in [0.1, 0.15) is 23.2 Å². The first-order chi connectivity index (χ1) is 11.5. The van der Waals surface area contributed by atoms with Gasteiger partial charge in [0.15, 0.2) is 9.84 Å². The summed E-state index contributed by atoms with van der Waals surface area (Å²) in [5, 5.41) is 2.90. The summed E-state index contributed by atoms with van der Waals surface area (Å²) in [7, 11) is -2.85. The first-order valence-electron chi connectivity index (χ1n) is 8.18. The third-order valence-electron chi connectivity index (χ3n) is 4.40. The molecule has 5 heteroatoms. The molecule has 1 aliphatic heterocycles. The number of rotatable bonds is 5. The molecule has 24 heavy (non-hydrogen) atoms. The molecular formula is C19H21NO3S. The van der Waals surface area contributed by atoms with Crippen LogP contribution in [0.4, 0.5) is 0 Å². The van der Waals surface area contributed by atoms with Crippen LogP contribution in [-0.4, -0.2) is 32.4 Å². The van der Waals surface area contributed by atoms with Crippen molar-refractivity contribution in [2.75, 3.05) is 18.1 Å². The largest absolute Gasteiger partial charge is 0.352 e. The van der Waals surface area contributed by atoms with Gasteiger partial charge in [0.1, 0.15) is 0 Å².